The van der Waals surface area contributed by atoms with Crippen LogP contribution >= 0.6 is 15.9 Å². The third-order valence-corrected chi connectivity index (χ3v) is 7.97. The Morgan fingerprint density at radius 2 is 1.63 bits per heavy atom. The van der Waals surface area contributed by atoms with Crippen LogP contribution in [-0.4, -0.2) is 46.0 Å². The lowest BCUT2D eigenvalue weighted by Gasteiger charge is -2.37. The van der Waals surface area contributed by atoms with E-state index in [0.29, 0.717) is 4.47 Å². The minimum absolute atomic E-state index is 0.127. The number of anilines is 1. The summed E-state index contributed by atoms with van der Waals surface area (Å²) in [6, 6.07) is 16.1. The van der Waals surface area contributed by atoms with Gasteiger partial charge in [-0.25, -0.2) is 13.6 Å². The standard InChI is InChI=1S/C23H28BrN3O2S/c24-22-16-20(10-11-23(22)30(25,28)29)27-14-12-26(13-15-27)17-19-8-4-5-9-21(19)18-6-2-1-3-7-18/h1-3,6-7,10-11,16H,4-5,8-9,12-15,17H2,(H2,25,28,29). The van der Waals surface area contributed by atoms with E-state index >= 15 is 0 Å². The summed E-state index contributed by atoms with van der Waals surface area (Å²) in [5, 5.41) is 5.26. The highest BCUT2D eigenvalue weighted by Gasteiger charge is 2.22. The lowest BCUT2D eigenvalue weighted by molar-refractivity contribution is 0.275. The van der Waals surface area contributed by atoms with E-state index in [9.17, 15) is 8.42 Å². The Morgan fingerprint density at radius 3 is 2.30 bits per heavy atom. The molecule has 30 heavy (non-hydrogen) atoms. The predicted octanol–water partition coefficient (Wildman–Crippen LogP) is 4.25. The number of nitrogens with zero attached hydrogens (tertiary/aromatic N) is 2. The molecule has 0 radical (unpaired) electrons. The maximum Gasteiger partial charge on any atom is 0.239 e. The van der Waals surface area contributed by atoms with E-state index in [-0.39, 0.29) is 4.90 Å². The molecule has 2 N–H and O–H groups in total. The molecule has 1 fully saturated rings. The fourth-order valence-corrected chi connectivity index (χ4v) is 6.11. The number of hydrogen-bond acceptors (Lipinski definition) is 4. The summed E-state index contributed by atoms with van der Waals surface area (Å²) in [6.07, 6.45) is 4.96. The van der Waals surface area contributed by atoms with Crippen molar-refractivity contribution in [2.75, 3.05) is 37.6 Å². The van der Waals surface area contributed by atoms with Crippen LogP contribution in [0, 0.1) is 0 Å². The fraction of sp³-hybridized carbons (Fsp3) is 0.391. The molecule has 1 aliphatic heterocycles. The third-order valence-electron chi connectivity index (χ3n) is 6.08. The molecule has 2 aromatic rings. The zero-order chi connectivity index (χ0) is 21.1. The van der Waals surface area contributed by atoms with Crippen molar-refractivity contribution in [1.29, 1.82) is 0 Å². The van der Waals surface area contributed by atoms with Gasteiger partial charge in [-0.15, -0.1) is 0 Å². The molecule has 2 aromatic carbocycles. The molecule has 0 atom stereocenters. The van der Waals surface area contributed by atoms with Crippen LogP contribution in [0.15, 0.2) is 63.5 Å². The zero-order valence-electron chi connectivity index (χ0n) is 17.1. The van der Waals surface area contributed by atoms with Gasteiger partial charge in [0.1, 0.15) is 0 Å². The van der Waals surface area contributed by atoms with Gasteiger partial charge in [-0.1, -0.05) is 35.9 Å². The monoisotopic (exact) mass is 489 g/mol. The van der Waals surface area contributed by atoms with Gasteiger partial charge in [-0.3, -0.25) is 4.90 Å². The normalized spacial score (nSPS) is 18.7. The van der Waals surface area contributed by atoms with Crippen LogP contribution in [0.2, 0.25) is 0 Å². The molecular formula is C23H28BrN3O2S. The van der Waals surface area contributed by atoms with Crippen molar-refractivity contribution in [3.63, 3.8) is 0 Å². The molecule has 0 amide bonds. The number of benzene rings is 2. The van der Waals surface area contributed by atoms with Gasteiger partial charge in [0.05, 0.1) is 4.90 Å². The van der Waals surface area contributed by atoms with Crippen molar-refractivity contribution in [3.05, 3.63) is 64.1 Å². The number of nitrogens with two attached hydrogens (primary N) is 1. The number of allylic oxidation sites excluding steroid dienone is 1. The summed E-state index contributed by atoms with van der Waals surface area (Å²) in [5.74, 6) is 0. The highest BCUT2D eigenvalue weighted by atomic mass is 79.9. The van der Waals surface area contributed by atoms with Gasteiger partial charge in [-0.2, -0.15) is 0 Å². The molecule has 1 saturated heterocycles. The summed E-state index contributed by atoms with van der Waals surface area (Å²) in [4.78, 5) is 4.98. The molecule has 2 aliphatic rings. The van der Waals surface area contributed by atoms with Crippen molar-refractivity contribution in [2.45, 2.75) is 30.6 Å². The van der Waals surface area contributed by atoms with E-state index in [1.165, 1.54) is 31.2 Å². The third kappa shape index (κ3) is 4.97. The van der Waals surface area contributed by atoms with Crippen LogP contribution in [0.3, 0.4) is 0 Å². The molecule has 5 nitrogen and oxygen atoms in total. The second-order valence-electron chi connectivity index (χ2n) is 8.08. The first-order chi connectivity index (χ1) is 14.4. The average Bonchev–Trinajstić information content (AvgIpc) is 2.74. The second-order valence-corrected chi connectivity index (χ2v) is 10.5. The number of halogens is 1. The largest absolute Gasteiger partial charge is 0.369 e. The lowest BCUT2D eigenvalue weighted by Crippen LogP contribution is -2.47. The first-order valence-corrected chi connectivity index (χ1v) is 12.8. The highest BCUT2D eigenvalue weighted by molar-refractivity contribution is 9.10. The predicted molar refractivity (Wildman–Crippen MR) is 126 cm³/mol. The lowest BCUT2D eigenvalue weighted by atomic mass is 9.87. The molecular weight excluding hydrogens is 462 g/mol. The minimum atomic E-state index is -3.71. The van der Waals surface area contributed by atoms with Gasteiger partial charge in [0.25, 0.3) is 0 Å². The van der Waals surface area contributed by atoms with E-state index < -0.39 is 10.0 Å². The second kappa shape index (κ2) is 9.22. The summed E-state index contributed by atoms with van der Waals surface area (Å²) in [7, 11) is -3.71. The van der Waals surface area contributed by atoms with Crippen LogP contribution in [0.25, 0.3) is 5.57 Å². The Morgan fingerprint density at radius 1 is 0.933 bits per heavy atom. The SMILES string of the molecule is NS(=O)(=O)c1ccc(N2CCN(CC3=C(c4ccccc4)CCCC3)CC2)cc1Br. The first kappa shape index (κ1) is 21.6. The number of rotatable bonds is 5. The smallest absolute Gasteiger partial charge is 0.239 e. The van der Waals surface area contributed by atoms with Crippen LogP contribution in [-0.2, 0) is 10.0 Å². The van der Waals surface area contributed by atoms with E-state index in [0.717, 1.165) is 38.4 Å². The molecule has 0 saturated carbocycles. The minimum Gasteiger partial charge on any atom is -0.369 e. The first-order valence-electron chi connectivity index (χ1n) is 10.5. The van der Waals surface area contributed by atoms with Gasteiger partial charge in [0.15, 0.2) is 0 Å². The van der Waals surface area contributed by atoms with E-state index in [2.05, 4.69) is 56.1 Å². The summed E-state index contributed by atoms with van der Waals surface area (Å²) in [5.41, 5.74) is 5.55. The molecule has 7 heteroatoms. The Labute approximate surface area is 187 Å². The number of hydrogen-bond donors (Lipinski definition) is 1. The number of piperazine rings is 1. The molecule has 160 valence electrons. The number of sulfonamides is 1. The Kier molecular flexibility index (Phi) is 6.63. The molecule has 1 aliphatic carbocycles. The highest BCUT2D eigenvalue weighted by Crippen LogP contribution is 2.33. The van der Waals surface area contributed by atoms with E-state index in [1.54, 1.807) is 17.2 Å². The number of primary sulfonamides is 1. The van der Waals surface area contributed by atoms with E-state index in [1.807, 2.05) is 12.1 Å². The van der Waals surface area contributed by atoms with Crippen molar-refractivity contribution in [2.24, 2.45) is 5.14 Å². The Balaban J connectivity index is 1.42. The van der Waals surface area contributed by atoms with Crippen LogP contribution in [0.5, 0.6) is 0 Å². The summed E-state index contributed by atoms with van der Waals surface area (Å²) >= 11 is 3.35. The zero-order valence-corrected chi connectivity index (χ0v) is 19.5. The molecule has 0 unspecified atom stereocenters. The Hall–Kier alpha value is -1.67. The van der Waals surface area contributed by atoms with E-state index in [4.69, 9.17) is 5.14 Å². The van der Waals surface area contributed by atoms with Crippen LogP contribution in [0.1, 0.15) is 31.2 Å². The fourth-order valence-electron chi connectivity index (χ4n) is 4.48. The van der Waals surface area contributed by atoms with Crippen LogP contribution in [0.4, 0.5) is 5.69 Å². The average molecular weight is 490 g/mol. The summed E-state index contributed by atoms with van der Waals surface area (Å²) < 4.78 is 23.8. The van der Waals surface area contributed by atoms with Gasteiger partial charge in [0, 0.05) is 42.9 Å². The molecule has 0 bridgehead atoms. The van der Waals surface area contributed by atoms with Crippen molar-refractivity contribution >= 4 is 37.2 Å². The molecule has 0 spiro atoms. The van der Waals surface area contributed by atoms with Gasteiger partial charge >= 0.3 is 0 Å². The quantitative estimate of drug-likeness (QED) is 0.681. The van der Waals surface area contributed by atoms with Crippen molar-refractivity contribution in [3.8, 4) is 0 Å². The maximum atomic E-state index is 11.6. The maximum absolute atomic E-state index is 11.6. The molecule has 0 aromatic heterocycles. The molecule has 1 heterocycles. The van der Waals surface area contributed by atoms with Gasteiger partial charge in [0.2, 0.25) is 10.0 Å². The van der Waals surface area contributed by atoms with Gasteiger partial charge in [-0.05, 0) is 70.9 Å². The molecule has 4 rings (SSSR count). The van der Waals surface area contributed by atoms with Crippen LogP contribution < -0.4 is 10.0 Å². The van der Waals surface area contributed by atoms with Gasteiger partial charge < -0.3 is 4.90 Å². The topological polar surface area (TPSA) is 66.6 Å². The van der Waals surface area contributed by atoms with Crippen molar-refractivity contribution in [1.82, 2.24) is 4.90 Å². The Bertz CT molecular complexity index is 1030. The van der Waals surface area contributed by atoms with Crippen molar-refractivity contribution < 1.29 is 8.42 Å². The summed E-state index contributed by atoms with van der Waals surface area (Å²) in [6.45, 7) is 4.90.